The second-order valence-electron chi connectivity index (χ2n) is 4.86. The highest BCUT2D eigenvalue weighted by molar-refractivity contribution is 7.91. The number of aromatic hydroxyl groups is 2. The number of phenolic OH excluding ortho intramolecular Hbond substituents is 2. The monoisotopic (exact) mass is 292 g/mol. The quantitative estimate of drug-likeness (QED) is 0.892. The second-order valence-corrected chi connectivity index (χ2v) is 6.77. The van der Waals surface area contributed by atoms with Crippen molar-refractivity contribution >= 4 is 9.84 Å². The molecule has 0 aliphatic rings. The summed E-state index contributed by atoms with van der Waals surface area (Å²) in [5.74, 6) is 0.130. The van der Waals surface area contributed by atoms with Crippen LogP contribution in [0.3, 0.4) is 0 Å². The minimum atomic E-state index is -3.67. The molecule has 0 aromatic heterocycles. The second kappa shape index (κ2) is 4.83. The summed E-state index contributed by atoms with van der Waals surface area (Å²) in [6, 6.07) is 7.08. The summed E-state index contributed by atoms with van der Waals surface area (Å²) in [6.45, 7) is 4.93. The Balaban J connectivity index is 2.66. The molecule has 0 heterocycles. The van der Waals surface area contributed by atoms with E-state index in [-0.39, 0.29) is 21.3 Å². The molecule has 0 aliphatic heterocycles. The van der Waals surface area contributed by atoms with Gasteiger partial charge in [0.2, 0.25) is 9.84 Å². The Morgan fingerprint density at radius 2 is 1.40 bits per heavy atom. The molecule has 0 spiro atoms. The summed E-state index contributed by atoms with van der Waals surface area (Å²) in [5, 5.41) is 19.1. The van der Waals surface area contributed by atoms with Crippen molar-refractivity contribution in [2.24, 2.45) is 0 Å². The Labute approximate surface area is 118 Å². The first-order valence-electron chi connectivity index (χ1n) is 6.08. The summed E-state index contributed by atoms with van der Waals surface area (Å²) in [4.78, 5) is 0.291. The zero-order valence-corrected chi connectivity index (χ0v) is 12.3. The highest BCUT2D eigenvalue weighted by Crippen LogP contribution is 2.30. The molecule has 4 nitrogen and oxygen atoms in total. The first-order chi connectivity index (χ1) is 9.23. The Kier molecular flexibility index (Phi) is 3.48. The first kappa shape index (κ1) is 14.4. The topological polar surface area (TPSA) is 74.6 Å². The van der Waals surface area contributed by atoms with Crippen molar-refractivity contribution in [3.8, 4) is 11.5 Å². The van der Waals surface area contributed by atoms with Crippen LogP contribution in [0.25, 0.3) is 0 Å². The van der Waals surface area contributed by atoms with Crippen LogP contribution < -0.4 is 0 Å². The van der Waals surface area contributed by atoms with E-state index >= 15 is 0 Å². The van der Waals surface area contributed by atoms with Crippen molar-refractivity contribution in [1.29, 1.82) is 0 Å². The van der Waals surface area contributed by atoms with Crippen LogP contribution in [0.1, 0.15) is 16.7 Å². The average molecular weight is 292 g/mol. The first-order valence-corrected chi connectivity index (χ1v) is 7.56. The van der Waals surface area contributed by atoms with E-state index in [4.69, 9.17) is 0 Å². The van der Waals surface area contributed by atoms with Gasteiger partial charge in [0, 0.05) is 0 Å². The van der Waals surface area contributed by atoms with Crippen molar-refractivity contribution in [2.45, 2.75) is 30.6 Å². The summed E-state index contributed by atoms with van der Waals surface area (Å²) in [6.07, 6.45) is 0. The molecule has 0 bridgehead atoms. The van der Waals surface area contributed by atoms with E-state index in [2.05, 4.69) is 0 Å². The van der Waals surface area contributed by atoms with E-state index in [1.165, 1.54) is 30.3 Å². The smallest absolute Gasteiger partial charge is 0.206 e. The average Bonchev–Trinajstić information content (AvgIpc) is 2.36. The Morgan fingerprint density at radius 1 is 0.800 bits per heavy atom. The van der Waals surface area contributed by atoms with E-state index in [1.54, 1.807) is 20.8 Å². The van der Waals surface area contributed by atoms with Gasteiger partial charge in [-0.2, -0.15) is 0 Å². The lowest BCUT2D eigenvalue weighted by Gasteiger charge is -2.11. The van der Waals surface area contributed by atoms with Gasteiger partial charge in [0.1, 0.15) is 11.5 Å². The van der Waals surface area contributed by atoms with Crippen LogP contribution in [0.15, 0.2) is 40.1 Å². The van der Waals surface area contributed by atoms with Gasteiger partial charge in [0.15, 0.2) is 0 Å². The van der Waals surface area contributed by atoms with E-state index in [9.17, 15) is 18.6 Å². The van der Waals surface area contributed by atoms with Gasteiger partial charge in [-0.1, -0.05) is 0 Å². The zero-order valence-electron chi connectivity index (χ0n) is 11.5. The standard InChI is InChI=1S/C15H16O4S/c1-9-6-12(4-5-13(9)16)20(18,19)15-8-10(2)14(17)7-11(15)3/h4-8,16-17H,1-3H3. The fraction of sp³-hybridized carbons (Fsp3) is 0.200. The number of rotatable bonds is 2. The molecule has 2 aromatic rings. The van der Waals surface area contributed by atoms with Gasteiger partial charge in [-0.05, 0) is 67.8 Å². The van der Waals surface area contributed by atoms with Crippen LogP contribution in [-0.2, 0) is 9.84 Å². The molecule has 5 heteroatoms. The molecule has 106 valence electrons. The Bertz CT molecular complexity index is 777. The van der Waals surface area contributed by atoms with Crippen molar-refractivity contribution < 1.29 is 18.6 Å². The lowest BCUT2D eigenvalue weighted by atomic mass is 10.1. The number of sulfone groups is 1. The van der Waals surface area contributed by atoms with E-state index in [1.807, 2.05) is 0 Å². The molecule has 2 N–H and O–H groups in total. The van der Waals surface area contributed by atoms with Crippen LogP contribution in [0.4, 0.5) is 0 Å². The van der Waals surface area contributed by atoms with Gasteiger partial charge in [0.25, 0.3) is 0 Å². The van der Waals surface area contributed by atoms with E-state index < -0.39 is 9.84 Å². The summed E-state index contributed by atoms with van der Waals surface area (Å²) < 4.78 is 25.2. The SMILES string of the molecule is Cc1cc(S(=O)(=O)c2cc(C)c(O)cc2C)ccc1O. The predicted octanol–water partition coefficient (Wildman–Crippen LogP) is 2.86. The normalized spacial score (nSPS) is 11.6. The Morgan fingerprint density at radius 3 is 2.00 bits per heavy atom. The van der Waals surface area contributed by atoms with Gasteiger partial charge in [-0.3, -0.25) is 0 Å². The molecule has 20 heavy (non-hydrogen) atoms. The summed E-state index contributed by atoms with van der Waals surface area (Å²) >= 11 is 0. The maximum absolute atomic E-state index is 12.6. The maximum atomic E-state index is 12.6. The number of aryl methyl sites for hydroxylation is 3. The molecule has 0 radical (unpaired) electrons. The molecule has 0 amide bonds. The van der Waals surface area contributed by atoms with Gasteiger partial charge >= 0.3 is 0 Å². The molecular weight excluding hydrogens is 276 g/mol. The van der Waals surface area contributed by atoms with Crippen molar-refractivity contribution in [3.05, 3.63) is 47.0 Å². The van der Waals surface area contributed by atoms with Crippen LogP contribution in [-0.4, -0.2) is 18.6 Å². The largest absolute Gasteiger partial charge is 0.508 e. The van der Waals surface area contributed by atoms with Gasteiger partial charge in [0.05, 0.1) is 9.79 Å². The number of phenols is 2. The zero-order chi connectivity index (χ0) is 15.1. The molecule has 0 saturated carbocycles. The van der Waals surface area contributed by atoms with E-state index in [0.717, 1.165) is 0 Å². The highest BCUT2D eigenvalue weighted by Gasteiger charge is 2.21. The third kappa shape index (κ3) is 2.36. The van der Waals surface area contributed by atoms with Crippen molar-refractivity contribution in [1.82, 2.24) is 0 Å². The third-order valence-corrected chi connectivity index (χ3v) is 5.15. The molecule has 0 fully saturated rings. The maximum Gasteiger partial charge on any atom is 0.206 e. The van der Waals surface area contributed by atoms with Gasteiger partial charge < -0.3 is 10.2 Å². The van der Waals surface area contributed by atoms with Crippen LogP contribution in [0.5, 0.6) is 11.5 Å². The molecular formula is C15H16O4S. The molecule has 0 atom stereocenters. The molecule has 2 aromatic carbocycles. The predicted molar refractivity (Wildman–Crippen MR) is 75.9 cm³/mol. The number of hydrogen-bond acceptors (Lipinski definition) is 4. The lowest BCUT2D eigenvalue weighted by Crippen LogP contribution is -2.05. The number of hydrogen-bond donors (Lipinski definition) is 2. The minimum absolute atomic E-state index is 0.0579. The molecule has 0 saturated heterocycles. The molecule has 0 unspecified atom stereocenters. The molecule has 2 rings (SSSR count). The van der Waals surface area contributed by atoms with Crippen LogP contribution in [0.2, 0.25) is 0 Å². The van der Waals surface area contributed by atoms with Crippen molar-refractivity contribution in [3.63, 3.8) is 0 Å². The number of benzene rings is 2. The van der Waals surface area contributed by atoms with Gasteiger partial charge in [-0.15, -0.1) is 0 Å². The fourth-order valence-electron chi connectivity index (χ4n) is 1.99. The fourth-order valence-corrected chi connectivity index (χ4v) is 3.63. The third-order valence-electron chi connectivity index (χ3n) is 3.26. The summed E-state index contributed by atoms with van der Waals surface area (Å²) in [5.41, 5.74) is 1.49. The van der Waals surface area contributed by atoms with Crippen LogP contribution in [0, 0.1) is 20.8 Å². The van der Waals surface area contributed by atoms with E-state index in [0.29, 0.717) is 16.7 Å². The minimum Gasteiger partial charge on any atom is -0.508 e. The summed E-state index contributed by atoms with van der Waals surface area (Å²) in [7, 11) is -3.67. The Hall–Kier alpha value is -2.01. The van der Waals surface area contributed by atoms with Crippen molar-refractivity contribution in [2.75, 3.05) is 0 Å². The van der Waals surface area contributed by atoms with Gasteiger partial charge in [-0.25, -0.2) is 8.42 Å². The molecule has 0 aliphatic carbocycles. The highest BCUT2D eigenvalue weighted by atomic mass is 32.2. The van der Waals surface area contributed by atoms with Crippen LogP contribution >= 0.6 is 0 Å². The lowest BCUT2D eigenvalue weighted by molar-refractivity contribution is 0.470.